The lowest BCUT2D eigenvalue weighted by Gasteiger charge is -2.11. The lowest BCUT2D eigenvalue weighted by molar-refractivity contribution is 0.102. The first-order chi connectivity index (χ1) is 15.7. The summed E-state index contributed by atoms with van der Waals surface area (Å²) >= 11 is 6.14. The number of carbonyl (C=O) groups is 1. The molecule has 33 heavy (non-hydrogen) atoms. The Hall–Kier alpha value is -3.40. The van der Waals surface area contributed by atoms with E-state index in [-0.39, 0.29) is 27.7 Å². The number of sulfonamides is 1. The minimum absolute atomic E-state index is 0.00724. The molecule has 1 heterocycles. The van der Waals surface area contributed by atoms with Crippen molar-refractivity contribution >= 4 is 44.3 Å². The number of imidazole rings is 1. The summed E-state index contributed by atoms with van der Waals surface area (Å²) in [7, 11) is -0.638. The Morgan fingerprint density at radius 1 is 0.939 bits per heavy atom. The number of rotatable bonds is 6. The first-order valence-electron chi connectivity index (χ1n) is 9.97. The van der Waals surface area contributed by atoms with Crippen LogP contribution in [0.1, 0.15) is 15.9 Å². The lowest BCUT2D eigenvalue weighted by atomic mass is 10.2. The van der Waals surface area contributed by atoms with Crippen molar-refractivity contribution < 1.29 is 13.2 Å². The number of benzene rings is 3. The minimum atomic E-state index is -3.96. The first-order valence-corrected chi connectivity index (χ1v) is 11.8. The summed E-state index contributed by atoms with van der Waals surface area (Å²) < 4.78 is 31.1. The maximum atomic E-state index is 12.8. The Balaban J connectivity index is 1.58. The highest BCUT2D eigenvalue weighted by atomic mass is 35.5. The number of fused-ring (bicyclic) bond motifs is 1. The second-order valence-electron chi connectivity index (χ2n) is 7.51. The van der Waals surface area contributed by atoms with Crippen LogP contribution in [0.2, 0.25) is 5.02 Å². The summed E-state index contributed by atoms with van der Waals surface area (Å²) in [5.41, 5.74) is 2.59. The standard InChI is InChI=1S/C23H21ClN4O4S/c1-27-19-11-9-17(13-20(19)28(2)23(27)30)26-22(29)16-8-10-18(24)21(12-16)33(31,32)25-14-15-6-4-3-5-7-15/h3-13,25H,14H2,1-2H3,(H,26,29). The average molecular weight is 485 g/mol. The summed E-state index contributed by atoms with van der Waals surface area (Å²) in [5.74, 6) is -0.508. The minimum Gasteiger partial charge on any atom is -0.322 e. The van der Waals surface area contributed by atoms with Crippen LogP contribution in [-0.2, 0) is 30.7 Å². The van der Waals surface area contributed by atoms with Gasteiger partial charge in [0.1, 0.15) is 4.90 Å². The van der Waals surface area contributed by atoms with Crippen molar-refractivity contribution in [1.29, 1.82) is 0 Å². The summed E-state index contributed by atoms with van der Waals surface area (Å²) in [4.78, 5) is 24.8. The van der Waals surface area contributed by atoms with E-state index in [2.05, 4.69) is 10.0 Å². The largest absolute Gasteiger partial charge is 0.328 e. The number of nitrogens with zero attached hydrogens (tertiary/aromatic N) is 2. The third-order valence-corrected chi connectivity index (χ3v) is 7.20. The highest BCUT2D eigenvalue weighted by molar-refractivity contribution is 7.89. The van der Waals surface area contributed by atoms with E-state index >= 15 is 0 Å². The Morgan fingerprint density at radius 2 is 1.64 bits per heavy atom. The normalized spacial score (nSPS) is 11.6. The van der Waals surface area contributed by atoms with Gasteiger partial charge in [-0.15, -0.1) is 0 Å². The molecule has 0 aliphatic carbocycles. The molecule has 3 aromatic carbocycles. The van der Waals surface area contributed by atoms with Crippen LogP contribution in [0.3, 0.4) is 0 Å². The SMILES string of the molecule is Cn1c(=O)n(C)c2cc(NC(=O)c3ccc(Cl)c(S(=O)(=O)NCc4ccccc4)c3)ccc21. The lowest BCUT2D eigenvalue weighted by Crippen LogP contribution is -2.24. The van der Waals surface area contributed by atoms with Crippen LogP contribution in [-0.4, -0.2) is 23.5 Å². The number of hydrogen-bond donors (Lipinski definition) is 2. The number of anilines is 1. The molecule has 1 aromatic heterocycles. The maximum absolute atomic E-state index is 12.8. The third kappa shape index (κ3) is 4.56. The highest BCUT2D eigenvalue weighted by Crippen LogP contribution is 2.24. The van der Waals surface area contributed by atoms with Crippen LogP contribution in [0.15, 0.2) is 76.4 Å². The highest BCUT2D eigenvalue weighted by Gasteiger charge is 2.20. The first kappa shape index (κ1) is 22.8. The zero-order chi connectivity index (χ0) is 23.8. The van der Waals surface area contributed by atoms with E-state index in [1.54, 1.807) is 44.4 Å². The fourth-order valence-electron chi connectivity index (χ4n) is 3.49. The van der Waals surface area contributed by atoms with Gasteiger partial charge >= 0.3 is 5.69 Å². The van der Waals surface area contributed by atoms with Crippen molar-refractivity contribution in [2.45, 2.75) is 11.4 Å². The predicted octanol–water partition coefficient (Wildman–Crippen LogP) is 3.26. The fraction of sp³-hybridized carbons (Fsp3) is 0.130. The van der Waals surface area contributed by atoms with Gasteiger partial charge in [-0.2, -0.15) is 0 Å². The Morgan fingerprint density at radius 3 is 2.36 bits per heavy atom. The molecule has 10 heteroatoms. The van der Waals surface area contributed by atoms with E-state index in [4.69, 9.17) is 11.6 Å². The maximum Gasteiger partial charge on any atom is 0.328 e. The molecule has 0 aliphatic rings. The third-order valence-electron chi connectivity index (χ3n) is 5.32. The predicted molar refractivity (Wildman–Crippen MR) is 128 cm³/mol. The molecule has 2 N–H and O–H groups in total. The van der Waals surface area contributed by atoms with Gasteiger partial charge in [-0.3, -0.25) is 13.9 Å². The molecular formula is C23H21ClN4O4S. The molecule has 0 atom stereocenters. The van der Waals surface area contributed by atoms with Gasteiger partial charge in [0.25, 0.3) is 5.91 Å². The Kier molecular flexibility index (Phi) is 6.11. The Labute approximate surface area is 195 Å². The van der Waals surface area contributed by atoms with Crippen LogP contribution in [0.25, 0.3) is 11.0 Å². The van der Waals surface area contributed by atoms with Crippen LogP contribution in [0.4, 0.5) is 5.69 Å². The summed E-state index contributed by atoms with van der Waals surface area (Å²) in [6.07, 6.45) is 0. The quantitative estimate of drug-likeness (QED) is 0.438. The topological polar surface area (TPSA) is 102 Å². The molecule has 170 valence electrons. The van der Waals surface area contributed by atoms with Gasteiger partial charge in [-0.05, 0) is 42.0 Å². The van der Waals surface area contributed by atoms with Gasteiger partial charge in [0.15, 0.2) is 0 Å². The number of aryl methyl sites for hydroxylation is 2. The van der Waals surface area contributed by atoms with Crippen LogP contribution in [0, 0.1) is 0 Å². The van der Waals surface area contributed by atoms with Crippen LogP contribution >= 0.6 is 11.6 Å². The zero-order valence-electron chi connectivity index (χ0n) is 17.9. The van der Waals surface area contributed by atoms with Crippen molar-refractivity contribution in [3.63, 3.8) is 0 Å². The monoisotopic (exact) mass is 484 g/mol. The smallest absolute Gasteiger partial charge is 0.322 e. The molecule has 8 nitrogen and oxygen atoms in total. The molecular weight excluding hydrogens is 464 g/mol. The molecule has 0 bridgehead atoms. The second-order valence-corrected chi connectivity index (χ2v) is 9.66. The second kappa shape index (κ2) is 8.86. The molecule has 0 aliphatic heterocycles. The molecule has 0 saturated carbocycles. The fourth-order valence-corrected chi connectivity index (χ4v) is 5.03. The molecule has 0 radical (unpaired) electrons. The summed E-state index contributed by atoms with van der Waals surface area (Å²) in [5, 5.41) is 2.75. The molecule has 0 unspecified atom stereocenters. The van der Waals surface area contributed by atoms with E-state index in [1.807, 2.05) is 18.2 Å². The molecule has 0 spiro atoms. The van der Waals surface area contributed by atoms with Crippen molar-refractivity contribution in [1.82, 2.24) is 13.9 Å². The molecule has 4 rings (SSSR count). The van der Waals surface area contributed by atoms with Gasteiger partial charge < -0.3 is 5.32 Å². The van der Waals surface area contributed by atoms with Crippen molar-refractivity contribution in [2.75, 3.05) is 5.32 Å². The van der Waals surface area contributed by atoms with E-state index in [9.17, 15) is 18.0 Å². The van der Waals surface area contributed by atoms with E-state index in [0.717, 1.165) is 11.1 Å². The number of halogens is 1. The number of hydrogen-bond acceptors (Lipinski definition) is 4. The number of aromatic nitrogens is 2. The number of nitrogens with one attached hydrogen (secondary N) is 2. The van der Waals surface area contributed by atoms with Gasteiger partial charge in [-0.1, -0.05) is 41.9 Å². The molecule has 4 aromatic rings. The van der Waals surface area contributed by atoms with Crippen molar-refractivity contribution in [3.05, 3.63) is 93.4 Å². The zero-order valence-corrected chi connectivity index (χ0v) is 19.4. The van der Waals surface area contributed by atoms with E-state index in [0.29, 0.717) is 11.2 Å². The van der Waals surface area contributed by atoms with Gasteiger partial charge in [-0.25, -0.2) is 17.9 Å². The van der Waals surface area contributed by atoms with Crippen LogP contribution < -0.4 is 15.7 Å². The van der Waals surface area contributed by atoms with E-state index in [1.165, 1.54) is 27.3 Å². The van der Waals surface area contributed by atoms with Crippen molar-refractivity contribution in [2.24, 2.45) is 14.1 Å². The van der Waals surface area contributed by atoms with Crippen LogP contribution in [0.5, 0.6) is 0 Å². The summed E-state index contributed by atoms with van der Waals surface area (Å²) in [6, 6.07) is 18.2. The molecule has 0 saturated heterocycles. The number of carbonyl (C=O) groups excluding carboxylic acids is 1. The number of amides is 1. The Bertz CT molecular complexity index is 1530. The summed E-state index contributed by atoms with van der Waals surface area (Å²) in [6.45, 7) is 0.0890. The molecule has 1 amide bonds. The van der Waals surface area contributed by atoms with Crippen molar-refractivity contribution in [3.8, 4) is 0 Å². The average Bonchev–Trinajstić information content (AvgIpc) is 3.02. The molecule has 0 fully saturated rings. The van der Waals surface area contributed by atoms with Gasteiger partial charge in [0, 0.05) is 31.9 Å². The van der Waals surface area contributed by atoms with E-state index < -0.39 is 15.9 Å². The van der Waals surface area contributed by atoms with Gasteiger partial charge in [0.2, 0.25) is 10.0 Å². The van der Waals surface area contributed by atoms with Gasteiger partial charge in [0.05, 0.1) is 16.1 Å².